The Bertz CT molecular complexity index is 1230. The molecule has 0 saturated heterocycles. The summed E-state index contributed by atoms with van der Waals surface area (Å²) < 4.78 is 79.1. The average Bonchev–Trinajstić information content (AvgIpc) is 2.86. The Morgan fingerprint density at radius 1 is 0.846 bits per heavy atom. The van der Waals surface area contributed by atoms with Gasteiger partial charge in [-0.3, -0.25) is 14.4 Å². The zero-order valence-electron chi connectivity index (χ0n) is 21.4. The van der Waals surface area contributed by atoms with Crippen LogP contribution in [0.15, 0.2) is 42.0 Å². The molecule has 0 unspecified atom stereocenters. The van der Waals surface area contributed by atoms with Gasteiger partial charge in [-0.05, 0) is 79.3 Å². The monoisotopic (exact) mass is 553 g/mol. The van der Waals surface area contributed by atoms with Crippen LogP contribution in [0.5, 0.6) is 0 Å². The molecule has 0 radical (unpaired) electrons. The molecule has 0 fully saturated rings. The lowest BCUT2D eigenvalue weighted by molar-refractivity contribution is -0.143. The summed E-state index contributed by atoms with van der Waals surface area (Å²) in [4.78, 5) is 36.6. The van der Waals surface area contributed by atoms with Gasteiger partial charge in [0.05, 0.1) is 11.1 Å². The van der Waals surface area contributed by atoms with Gasteiger partial charge in [-0.25, -0.2) is 0 Å². The normalized spacial score (nSPS) is 14.8. The summed E-state index contributed by atoms with van der Waals surface area (Å²) in [6.45, 7) is 1.83. The minimum atomic E-state index is -4.98. The molecule has 3 rings (SSSR count). The first-order valence-corrected chi connectivity index (χ1v) is 12.8. The number of aryl methyl sites for hydroxylation is 1. The smallest absolute Gasteiger partial charge is 0.326 e. The Kier molecular flexibility index (Phi) is 9.74. The van der Waals surface area contributed by atoms with Crippen molar-refractivity contribution in [2.45, 2.75) is 77.1 Å². The molecule has 4 nitrogen and oxygen atoms in total. The molecule has 0 heterocycles. The van der Waals surface area contributed by atoms with Crippen molar-refractivity contribution in [2.75, 3.05) is 5.32 Å². The zero-order chi connectivity index (χ0) is 28.8. The van der Waals surface area contributed by atoms with E-state index in [9.17, 15) is 40.7 Å². The van der Waals surface area contributed by atoms with Crippen LogP contribution in [0, 0.1) is 0 Å². The highest BCUT2D eigenvalue weighted by Gasteiger charge is 2.37. The first kappa shape index (κ1) is 30.1. The van der Waals surface area contributed by atoms with Gasteiger partial charge in [-0.1, -0.05) is 19.8 Å². The number of Topliss-reactive ketones (excluding diaryl/α,β-unsaturated/α-hetero) is 2. The fourth-order valence-corrected chi connectivity index (χ4v) is 4.42. The number of amides is 1. The van der Waals surface area contributed by atoms with Gasteiger partial charge in [0.15, 0.2) is 5.78 Å². The first-order valence-electron chi connectivity index (χ1n) is 12.8. The number of alkyl halides is 6. The highest BCUT2D eigenvalue weighted by atomic mass is 19.4. The molecule has 2 aromatic rings. The maximum Gasteiger partial charge on any atom is 0.416 e. The van der Waals surface area contributed by atoms with E-state index in [0.29, 0.717) is 55.5 Å². The molecule has 39 heavy (non-hydrogen) atoms. The molecule has 0 atom stereocenters. The maximum atomic E-state index is 13.2. The minimum Gasteiger partial charge on any atom is -0.326 e. The quantitative estimate of drug-likeness (QED) is 0.183. The lowest BCUT2D eigenvalue weighted by atomic mass is 9.85. The van der Waals surface area contributed by atoms with E-state index in [1.165, 1.54) is 6.07 Å². The predicted molar refractivity (Wildman–Crippen MR) is 135 cm³/mol. The molecule has 0 aromatic heterocycles. The molecule has 2 aromatic carbocycles. The SMILES string of the molecule is CCC(=O)CCCCCCC(=O)Nc1ccc2c(c1)CC/C(=C\c1cc(C(F)(F)F)cc(C(F)(F)F)c1)C2=O. The van der Waals surface area contributed by atoms with E-state index < -0.39 is 29.3 Å². The predicted octanol–water partition coefficient (Wildman–Crippen LogP) is 8.19. The number of nitrogens with one attached hydrogen (secondary N) is 1. The number of hydrogen-bond acceptors (Lipinski definition) is 3. The Hall–Kier alpha value is -3.43. The van der Waals surface area contributed by atoms with E-state index in [4.69, 9.17) is 0 Å². The van der Waals surface area contributed by atoms with Gasteiger partial charge < -0.3 is 5.32 Å². The third-order valence-corrected chi connectivity index (χ3v) is 6.54. The van der Waals surface area contributed by atoms with Crippen molar-refractivity contribution in [1.29, 1.82) is 0 Å². The lowest BCUT2D eigenvalue weighted by Crippen LogP contribution is -2.16. The van der Waals surface area contributed by atoms with Crippen molar-refractivity contribution in [3.05, 3.63) is 69.8 Å². The molecule has 1 amide bonds. The molecule has 0 saturated carbocycles. The molecule has 0 bridgehead atoms. The largest absolute Gasteiger partial charge is 0.416 e. The van der Waals surface area contributed by atoms with E-state index in [-0.39, 0.29) is 40.9 Å². The molecule has 1 aliphatic carbocycles. The molecule has 1 aliphatic rings. The average molecular weight is 554 g/mol. The van der Waals surface area contributed by atoms with E-state index in [2.05, 4.69) is 5.32 Å². The number of carbonyl (C=O) groups is 3. The van der Waals surface area contributed by atoms with Crippen LogP contribution in [0.2, 0.25) is 0 Å². The highest BCUT2D eigenvalue weighted by molar-refractivity contribution is 6.13. The van der Waals surface area contributed by atoms with Crippen molar-refractivity contribution >= 4 is 29.2 Å². The third-order valence-electron chi connectivity index (χ3n) is 6.54. The molecule has 0 spiro atoms. The van der Waals surface area contributed by atoms with E-state index in [0.717, 1.165) is 25.3 Å². The van der Waals surface area contributed by atoms with Gasteiger partial charge in [0.25, 0.3) is 0 Å². The molecule has 210 valence electrons. The zero-order valence-corrected chi connectivity index (χ0v) is 21.4. The van der Waals surface area contributed by atoms with Gasteiger partial charge in [-0.15, -0.1) is 0 Å². The first-order chi connectivity index (χ1) is 18.3. The Morgan fingerprint density at radius 2 is 1.46 bits per heavy atom. The number of unbranched alkanes of at least 4 members (excludes halogenated alkanes) is 3. The summed E-state index contributed by atoms with van der Waals surface area (Å²) in [6.07, 6.45) is -3.85. The molecule has 0 aliphatic heterocycles. The van der Waals surface area contributed by atoms with E-state index in [1.54, 1.807) is 12.1 Å². The fourth-order valence-electron chi connectivity index (χ4n) is 4.42. The number of fused-ring (bicyclic) bond motifs is 1. The second kappa shape index (κ2) is 12.6. The number of anilines is 1. The molecule has 10 heteroatoms. The summed E-state index contributed by atoms with van der Waals surface area (Å²) in [6, 6.07) is 5.93. The number of benzene rings is 2. The van der Waals surface area contributed by atoms with Crippen molar-refractivity contribution in [1.82, 2.24) is 0 Å². The summed E-state index contributed by atoms with van der Waals surface area (Å²) in [5, 5.41) is 2.78. The van der Waals surface area contributed by atoms with Crippen LogP contribution in [0.1, 0.15) is 90.9 Å². The van der Waals surface area contributed by atoms with Crippen molar-refractivity contribution in [2.24, 2.45) is 0 Å². The fraction of sp³-hybridized carbons (Fsp3) is 0.414. The number of halogens is 6. The number of hydrogen-bond donors (Lipinski definition) is 1. The third kappa shape index (κ3) is 8.53. The van der Waals surface area contributed by atoms with Gasteiger partial charge in [-0.2, -0.15) is 26.3 Å². The van der Waals surface area contributed by atoms with Crippen LogP contribution in [-0.2, 0) is 28.4 Å². The van der Waals surface area contributed by atoms with Gasteiger partial charge in [0, 0.05) is 36.1 Å². The summed E-state index contributed by atoms with van der Waals surface area (Å²) >= 11 is 0. The van der Waals surface area contributed by atoms with E-state index in [1.807, 2.05) is 6.92 Å². The van der Waals surface area contributed by atoms with Crippen LogP contribution in [0.3, 0.4) is 0 Å². The van der Waals surface area contributed by atoms with E-state index >= 15 is 0 Å². The minimum absolute atomic E-state index is 0.0472. The van der Waals surface area contributed by atoms with Crippen molar-refractivity contribution in [3.63, 3.8) is 0 Å². The van der Waals surface area contributed by atoms with Crippen LogP contribution in [-0.4, -0.2) is 17.5 Å². The molecular weight excluding hydrogens is 524 g/mol. The van der Waals surface area contributed by atoms with Crippen LogP contribution in [0.25, 0.3) is 6.08 Å². The van der Waals surface area contributed by atoms with Gasteiger partial charge in [0.2, 0.25) is 5.91 Å². The summed E-state index contributed by atoms with van der Waals surface area (Å²) in [5.41, 5.74) is -1.72. The second-order valence-electron chi connectivity index (χ2n) is 9.56. The Balaban J connectivity index is 1.66. The number of rotatable bonds is 10. The Morgan fingerprint density at radius 3 is 2.05 bits per heavy atom. The molecular formula is C29H29F6NO3. The highest BCUT2D eigenvalue weighted by Crippen LogP contribution is 2.37. The summed E-state index contributed by atoms with van der Waals surface area (Å²) in [7, 11) is 0. The topological polar surface area (TPSA) is 63.2 Å². The van der Waals surface area contributed by atoms with Gasteiger partial charge >= 0.3 is 12.4 Å². The summed E-state index contributed by atoms with van der Waals surface area (Å²) in [5.74, 6) is -0.443. The van der Waals surface area contributed by atoms with Crippen molar-refractivity contribution in [3.8, 4) is 0 Å². The number of allylic oxidation sites excluding steroid dienone is 1. The lowest BCUT2D eigenvalue weighted by Gasteiger charge is -2.19. The maximum absolute atomic E-state index is 13.2. The molecule has 1 N–H and O–H groups in total. The van der Waals surface area contributed by atoms with Crippen LogP contribution < -0.4 is 5.32 Å². The van der Waals surface area contributed by atoms with Gasteiger partial charge in [0.1, 0.15) is 5.78 Å². The standard InChI is InChI=1S/C29H29F6NO3/c1-2-24(37)7-5-3-4-6-8-26(38)36-23-11-12-25-19(16-23)9-10-20(27(25)39)13-18-14-21(28(30,31)32)17-22(15-18)29(33,34)35/h11-17H,2-10H2,1H3,(H,36,38)/b20-13+. The van der Waals surface area contributed by atoms with Crippen molar-refractivity contribution < 1.29 is 40.7 Å². The second-order valence-corrected chi connectivity index (χ2v) is 9.56. The van der Waals surface area contributed by atoms with Crippen LogP contribution in [0.4, 0.5) is 32.0 Å². The Labute approximate surface area is 222 Å². The number of ketones is 2. The number of carbonyl (C=O) groups excluding carboxylic acids is 3. The van der Waals surface area contributed by atoms with Crippen LogP contribution >= 0.6 is 0 Å².